The van der Waals surface area contributed by atoms with Gasteiger partial charge in [0.25, 0.3) is 0 Å². The molecule has 0 N–H and O–H groups in total. The molecule has 3 rings (SSSR count). The Hall–Kier alpha value is -1.07. The van der Waals surface area contributed by atoms with E-state index < -0.39 is 15.4 Å². The Balaban J connectivity index is 2.21. The molecule has 0 amide bonds. The molecular weight excluding hydrogens is 296 g/mol. The molecule has 1 fully saturated rings. The number of hydrogen-bond donors (Lipinski definition) is 0. The molecule has 0 bridgehead atoms. The zero-order chi connectivity index (χ0) is 14.4. The highest BCUT2D eigenvalue weighted by Gasteiger charge is 2.41. The normalized spacial score (nSPS) is 25.3. The smallest absolute Gasteiger partial charge is 0.152 e. The maximum absolute atomic E-state index is 11.9. The highest BCUT2D eigenvalue weighted by atomic mass is 35.5. The summed E-state index contributed by atoms with van der Waals surface area (Å²) in [5.41, 5.74) is 1.47. The van der Waals surface area contributed by atoms with Gasteiger partial charge in [0, 0.05) is 12.3 Å². The summed E-state index contributed by atoms with van der Waals surface area (Å²) < 4.78 is 25.9. The zero-order valence-corrected chi connectivity index (χ0v) is 12.9. The van der Waals surface area contributed by atoms with Gasteiger partial charge in [-0.2, -0.15) is 0 Å². The number of aromatic nitrogens is 2. The maximum atomic E-state index is 11.9. The third-order valence-corrected chi connectivity index (χ3v) is 6.05. The van der Waals surface area contributed by atoms with Crippen molar-refractivity contribution in [1.82, 2.24) is 9.55 Å². The number of rotatable bonds is 3. The number of alkyl halides is 1. The quantitative estimate of drug-likeness (QED) is 0.818. The summed E-state index contributed by atoms with van der Waals surface area (Å²) in [6.45, 7) is 2.00. The second kappa shape index (κ2) is 4.74. The summed E-state index contributed by atoms with van der Waals surface area (Å²) in [7, 11) is -2.96. The minimum atomic E-state index is -2.96. The molecule has 1 aliphatic rings. The third-order valence-electron chi connectivity index (χ3n) is 3.97. The summed E-state index contributed by atoms with van der Waals surface area (Å²) >= 11 is 5.87. The Morgan fingerprint density at radius 3 is 2.80 bits per heavy atom. The fourth-order valence-corrected chi connectivity index (χ4v) is 5.39. The molecular formula is C14H17ClN2O2S. The van der Waals surface area contributed by atoms with Crippen LogP contribution in [0.15, 0.2) is 24.3 Å². The SMILES string of the molecule is CC1(n2c(CCCl)nc3ccccc32)CCS(=O)(=O)C1. The lowest BCUT2D eigenvalue weighted by Gasteiger charge is -2.27. The maximum Gasteiger partial charge on any atom is 0.152 e. The van der Waals surface area contributed by atoms with Gasteiger partial charge in [0.05, 0.1) is 28.1 Å². The predicted octanol–water partition coefficient (Wildman–Crippen LogP) is 2.35. The molecule has 1 atom stereocenters. The second-order valence-corrected chi connectivity index (χ2v) is 8.19. The molecule has 2 heterocycles. The molecule has 1 aromatic heterocycles. The Bertz CT molecular complexity index is 754. The van der Waals surface area contributed by atoms with E-state index in [1.165, 1.54) is 0 Å². The van der Waals surface area contributed by atoms with E-state index in [2.05, 4.69) is 9.55 Å². The van der Waals surface area contributed by atoms with E-state index in [9.17, 15) is 8.42 Å². The van der Waals surface area contributed by atoms with Crippen LogP contribution in [0.2, 0.25) is 0 Å². The Morgan fingerprint density at radius 1 is 1.40 bits per heavy atom. The van der Waals surface area contributed by atoms with Gasteiger partial charge in [0.1, 0.15) is 5.82 Å². The molecule has 1 saturated heterocycles. The molecule has 108 valence electrons. The molecule has 20 heavy (non-hydrogen) atoms. The first kappa shape index (κ1) is 13.9. The van der Waals surface area contributed by atoms with Crippen molar-refractivity contribution in [2.75, 3.05) is 17.4 Å². The van der Waals surface area contributed by atoms with Gasteiger partial charge < -0.3 is 4.57 Å². The minimum Gasteiger partial charge on any atom is -0.321 e. The first-order chi connectivity index (χ1) is 9.45. The van der Waals surface area contributed by atoms with Gasteiger partial charge in [-0.15, -0.1) is 11.6 Å². The highest BCUT2D eigenvalue weighted by Crippen LogP contribution is 2.35. The third kappa shape index (κ3) is 2.23. The molecule has 0 radical (unpaired) electrons. The lowest BCUT2D eigenvalue weighted by atomic mass is 10.0. The van der Waals surface area contributed by atoms with E-state index >= 15 is 0 Å². The molecule has 1 aromatic carbocycles. The lowest BCUT2D eigenvalue weighted by Crippen LogP contribution is -2.33. The number of para-hydroxylation sites is 2. The lowest BCUT2D eigenvalue weighted by molar-refractivity contribution is 0.365. The van der Waals surface area contributed by atoms with Crippen LogP contribution in [0.4, 0.5) is 0 Å². The number of aryl methyl sites for hydroxylation is 1. The zero-order valence-electron chi connectivity index (χ0n) is 11.3. The molecule has 0 aliphatic carbocycles. The van der Waals surface area contributed by atoms with Crippen LogP contribution in [0.5, 0.6) is 0 Å². The summed E-state index contributed by atoms with van der Waals surface area (Å²) in [6.07, 6.45) is 1.27. The van der Waals surface area contributed by atoms with E-state index in [4.69, 9.17) is 11.6 Å². The molecule has 4 nitrogen and oxygen atoms in total. The highest BCUT2D eigenvalue weighted by molar-refractivity contribution is 7.91. The minimum absolute atomic E-state index is 0.176. The van der Waals surface area contributed by atoms with Gasteiger partial charge in [0.2, 0.25) is 0 Å². The van der Waals surface area contributed by atoms with Crippen LogP contribution in [0.1, 0.15) is 19.2 Å². The first-order valence-corrected chi connectivity index (χ1v) is 9.04. The van der Waals surface area contributed by atoms with Gasteiger partial charge >= 0.3 is 0 Å². The van der Waals surface area contributed by atoms with Gasteiger partial charge in [-0.1, -0.05) is 12.1 Å². The summed E-state index contributed by atoms with van der Waals surface area (Å²) in [5.74, 6) is 1.78. The van der Waals surface area contributed by atoms with E-state index in [0.29, 0.717) is 18.7 Å². The standard InChI is InChI=1S/C14H17ClN2O2S/c1-14(7-9-20(18,19)10-14)17-12-5-3-2-4-11(12)16-13(17)6-8-15/h2-5H,6-10H2,1H3. The van der Waals surface area contributed by atoms with Gasteiger partial charge in [-0.3, -0.25) is 0 Å². The molecule has 1 unspecified atom stereocenters. The Morgan fingerprint density at radius 2 is 2.15 bits per heavy atom. The fraction of sp³-hybridized carbons (Fsp3) is 0.500. The average Bonchev–Trinajstić information content (AvgIpc) is 2.88. The van der Waals surface area contributed by atoms with Crippen molar-refractivity contribution in [1.29, 1.82) is 0 Å². The summed E-state index contributed by atoms with van der Waals surface area (Å²) in [4.78, 5) is 4.62. The van der Waals surface area contributed by atoms with E-state index in [1.54, 1.807) is 0 Å². The monoisotopic (exact) mass is 312 g/mol. The molecule has 0 spiro atoms. The summed E-state index contributed by atoms with van der Waals surface area (Å²) in [5, 5.41) is 0. The number of nitrogens with zero attached hydrogens (tertiary/aromatic N) is 2. The van der Waals surface area contributed by atoms with Crippen molar-refractivity contribution < 1.29 is 8.42 Å². The van der Waals surface area contributed by atoms with Crippen molar-refractivity contribution >= 4 is 32.5 Å². The predicted molar refractivity (Wildman–Crippen MR) is 81.1 cm³/mol. The fourth-order valence-electron chi connectivity index (χ4n) is 3.10. The molecule has 6 heteroatoms. The largest absolute Gasteiger partial charge is 0.321 e. The van der Waals surface area contributed by atoms with Gasteiger partial charge in [-0.25, -0.2) is 13.4 Å². The van der Waals surface area contributed by atoms with E-state index in [1.807, 2.05) is 31.2 Å². The van der Waals surface area contributed by atoms with Crippen LogP contribution in [0.3, 0.4) is 0 Å². The average molecular weight is 313 g/mol. The van der Waals surface area contributed by atoms with Gasteiger partial charge in [-0.05, 0) is 25.5 Å². The van der Waals surface area contributed by atoms with Crippen molar-refractivity contribution in [2.45, 2.75) is 25.3 Å². The van der Waals surface area contributed by atoms with E-state index in [-0.39, 0.29) is 11.5 Å². The van der Waals surface area contributed by atoms with Crippen molar-refractivity contribution in [3.8, 4) is 0 Å². The van der Waals surface area contributed by atoms with Crippen molar-refractivity contribution in [2.24, 2.45) is 0 Å². The van der Waals surface area contributed by atoms with E-state index in [0.717, 1.165) is 16.9 Å². The first-order valence-electron chi connectivity index (χ1n) is 6.68. The topological polar surface area (TPSA) is 52.0 Å². The Labute approximate surface area is 123 Å². The molecule has 0 saturated carbocycles. The van der Waals surface area contributed by atoms with Crippen LogP contribution < -0.4 is 0 Å². The number of halogens is 1. The van der Waals surface area contributed by atoms with Crippen LogP contribution in [0.25, 0.3) is 11.0 Å². The summed E-state index contributed by atoms with van der Waals surface area (Å²) in [6, 6.07) is 7.85. The van der Waals surface area contributed by atoms with Crippen molar-refractivity contribution in [3.05, 3.63) is 30.1 Å². The Kier molecular flexibility index (Phi) is 3.29. The molecule has 1 aliphatic heterocycles. The molecule has 2 aromatic rings. The van der Waals surface area contributed by atoms with Crippen molar-refractivity contribution in [3.63, 3.8) is 0 Å². The van der Waals surface area contributed by atoms with Crippen LogP contribution >= 0.6 is 11.6 Å². The van der Waals surface area contributed by atoms with Gasteiger partial charge in [0.15, 0.2) is 9.84 Å². The number of fused-ring (bicyclic) bond motifs is 1. The number of imidazole rings is 1. The van der Waals surface area contributed by atoms with Crippen LogP contribution in [-0.2, 0) is 21.8 Å². The van der Waals surface area contributed by atoms with Crippen LogP contribution in [-0.4, -0.2) is 35.4 Å². The second-order valence-electron chi connectivity index (χ2n) is 5.63. The number of benzene rings is 1. The van der Waals surface area contributed by atoms with Crippen LogP contribution in [0, 0.1) is 0 Å². The number of sulfone groups is 1. The number of hydrogen-bond acceptors (Lipinski definition) is 3.